The van der Waals surface area contributed by atoms with Gasteiger partial charge in [-0.25, -0.2) is 4.57 Å². The lowest BCUT2D eigenvalue weighted by Gasteiger charge is -2.19. The van der Waals surface area contributed by atoms with Gasteiger partial charge in [-0.3, -0.25) is 18.6 Å². The smallest absolute Gasteiger partial charge is 0.462 e. The van der Waals surface area contributed by atoms with E-state index in [0.717, 1.165) is 141 Å². The van der Waals surface area contributed by atoms with Crippen LogP contribution in [-0.2, 0) is 32.7 Å². The minimum absolute atomic E-state index is 0.0394. The van der Waals surface area contributed by atoms with Gasteiger partial charge in [0, 0.05) is 19.4 Å². The first-order valence-corrected chi connectivity index (χ1v) is 32.1. The molecular formula is C69H110NO8P. The standard InChI is InChI=1S/C69H110NO8P/c1-3-5-7-9-11-13-15-17-19-21-23-25-27-28-29-30-31-32-33-34-35-36-37-38-40-42-44-46-48-50-52-54-56-58-60-62-69(72)78-67(66-77-79(73,74)76-64-63-70)65-75-68(71)61-59-57-55-53-51-49-47-45-43-41-39-26-24-22-20-18-16-14-12-10-8-6-4-2/h5-8,11-14,17-20,23-26,28-29,31-32,34-35,37-38,41,43,47,49,67H,3-4,9-10,15-16,21-22,27,30,33,36,39-40,42,44-46,48,50-66,70H2,1-2H3,(H,73,74)/b7-5-,8-6-,13-11-,14-12-,19-17-,20-18-,25-23-,26-24-,29-28-,32-31-,35-34-,38-37-,43-41-,49-47-. The molecule has 0 bridgehead atoms. The average Bonchev–Trinajstić information content (AvgIpc) is 3.44. The second kappa shape index (κ2) is 62.6. The number of rotatable bonds is 55. The molecule has 0 aromatic rings. The lowest BCUT2D eigenvalue weighted by molar-refractivity contribution is -0.161. The lowest BCUT2D eigenvalue weighted by Crippen LogP contribution is -2.29. The fourth-order valence-corrected chi connectivity index (χ4v) is 8.42. The normalized spacial score (nSPS) is 14.2. The molecule has 0 radical (unpaired) electrons. The molecule has 0 aliphatic rings. The summed E-state index contributed by atoms with van der Waals surface area (Å²) in [5, 5.41) is 0. The Morgan fingerprint density at radius 1 is 0.380 bits per heavy atom. The number of phosphoric acid groups is 1. The second-order valence-electron chi connectivity index (χ2n) is 19.5. The molecule has 3 N–H and O–H groups in total. The predicted molar refractivity (Wildman–Crippen MR) is 339 cm³/mol. The first-order valence-electron chi connectivity index (χ1n) is 30.6. The van der Waals surface area contributed by atoms with Crippen LogP contribution in [0.2, 0.25) is 0 Å². The van der Waals surface area contributed by atoms with Crippen LogP contribution in [0.3, 0.4) is 0 Å². The molecule has 444 valence electrons. The van der Waals surface area contributed by atoms with Crippen molar-refractivity contribution >= 4 is 19.8 Å². The van der Waals surface area contributed by atoms with E-state index < -0.39 is 32.5 Å². The Kier molecular flexibility index (Phi) is 58.9. The maximum atomic E-state index is 12.7. The average molecular weight is 1110 g/mol. The van der Waals surface area contributed by atoms with Gasteiger partial charge in [0.2, 0.25) is 0 Å². The molecule has 0 aliphatic heterocycles. The van der Waals surface area contributed by atoms with E-state index in [0.29, 0.717) is 12.8 Å². The molecule has 2 atom stereocenters. The van der Waals surface area contributed by atoms with Crippen molar-refractivity contribution in [3.63, 3.8) is 0 Å². The minimum Gasteiger partial charge on any atom is -0.462 e. The minimum atomic E-state index is -4.41. The van der Waals surface area contributed by atoms with Gasteiger partial charge in [-0.15, -0.1) is 0 Å². The van der Waals surface area contributed by atoms with E-state index in [1.54, 1.807) is 0 Å². The van der Waals surface area contributed by atoms with Crippen molar-refractivity contribution in [2.24, 2.45) is 5.73 Å². The van der Waals surface area contributed by atoms with Gasteiger partial charge in [0.25, 0.3) is 0 Å². The molecular weight excluding hydrogens is 1000 g/mol. The molecule has 0 amide bonds. The van der Waals surface area contributed by atoms with Gasteiger partial charge >= 0.3 is 19.8 Å². The third-order valence-electron chi connectivity index (χ3n) is 12.1. The summed E-state index contributed by atoms with van der Waals surface area (Å²) in [5.41, 5.74) is 5.38. The maximum absolute atomic E-state index is 12.7. The maximum Gasteiger partial charge on any atom is 0.472 e. The van der Waals surface area contributed by atoms with Crippen molar-refractivity contribution in [2.45, 2.75) is 225 Å². The molecule has 0 spiro atoms. The van der Waals surface area contributed by atoms with Crippen LogP contribution in [0.5, 0.6) is 0 Å². The number of hydrogen-bond acceptors (Lipinski definition) is 8. The number of esters is 2. The zero-order chi connectivity index (χ0) is 57.3. The van der Waals surface area contributed by atoms with Crippen molar-refractivity contribution < 1.29 is 37.6 Å². The number of unbranched alkanes of at least 4 members (excludes halogenated alkanes) is 14. The number of allylic oxidation sites excluding steroid dienone is 28. The molecule has 0 saturated carbocycles. The molecule has 79 heavy (non-hydrogen) atoms. The van der Waals surface area contributed by atoms with Crippen LogP contribution in [0.25, 0.3) is 0 Å². The SMILES string of the molecule is CC/C=C\C/C=C\C/C=C\C/C=C\C/C=C\C/C=C\C/C=C\C/C=C\CCCCCCCCCCCCC(=O)OC(COC(=O)CCCCCC/C=C\C/C=C\C/C=C\C/C=C\C/C=C\C/C=C\CC)COP(=O)(O)OCCN. The van der Waals surface area contributed by atoms with Crippen LogP contribution in [0, 0.1) is 0 Å². The summed E-state index contributed by atoms with van der Waals surface area (Å²) < 4.78 is 33.0. The third kappa shape index (κ3) is 62.4. The molecule has 9 nitrogen and oxygen atoms in total. The number of carbonyl (C=O) groups excluding carboxylic acids is 2. The Morgan fingerprint density at radius 3 is 0.975 bits per heavy atom. The second-order valence-corrected chi connectivity index (χ2v) is 20.9. The molecule has 0 aromatic heterocycles. The van der Waals surface area contributed by atoms with E-state index in [4.69, 9.17) is 24.3 Å². The summed E-state index contributed by atoms with van der Waals surface area (Å²) in [4.78, 5) is 35.2. The summed E-state index contributed by atoms with van der Waals surface area (Å²) in [6.07, 6.45) is 92.6. The van der Waals surface area contributed by atoms with Crippen molar-refractivity contribution in [3.8, 4) is 0 Å². The Bertz CT molecular complexity index is 1890. The Balaban J connectivity index is 4.06. The highest BCUT2D eigenvalue weighted by Crippen LogP contribution is 2.43. The van der Waals surface area contributed by atoms with E-state index >= 15 is 0 Å². The molecule has 0 rings (SSSR count). The number of phosphoric ester groups is 1. The molecule has 0 aliphatic carbocycles. The lowest BCUT2D eigenvalue weighted by atomic mass is 10.0. The summed E-state index contributed by atoms with van der Waals surface area (Å²) in [5.74, 6) is -0.875. The molecule has 0 fully saturated rings. The van der Waals surface area contributed by atoms with Crippen molar-refractivity contribution in [3.05, 3.63) is 170 Å². The Hall–Kier alpha value is -4.63. The summed E-state index contributed by atoms with van der Waals surface area (Å²) in [6, 6.07) is 0. The van der Waals surface area contributed by atoms with Crippen LogP contribution in [0.15, 0.2) is 170 Å². The highest BCUT2D eigenvalue weighted by Gasteiger charge is 2.26. The summed E-state index contributed by atoms with van der Waals surface area (Å²) in [7, 11) is -4.41. The first kappa shape index (κ1) is 74.4. The topological polar surface area (TPSA) is 134 Å². The summed E-state index contributed by atoms with van der Waals surface area (Å²) >= 11 is 0. The van der Waals surface area contributed by atoms with Crippen LogP contribution >= 0.6 is 7.82 Å². The molecule has 0 heterocycles. The van der Waals surface area contributed by atoms with E-state index in [9.17, 15) is 19.0 Å². The van der Waals surface area contributed by atoms with Crippen LogP contribution in [0.4, 0.5) is 0 Å². The van der Waals surface area contributed by atoms with Crippen molar-refractivity contribution in [2.75, 3.05) is 26.4 Å². The summed E-state index contributed by atoms with van der Waals surface area (Å²) in [6.45, 7) is 3.46. The highest BCUT2D eigenvalue weighted by molar-refractivity contribution is 7.47. The van der Waals surface area contributed by atoms with Crippen LogP contribution in [-0.4, -0.2) is 49.3 Å². The van der Waals surface area contributed by atoms with Gasteiger partial charge in [0.1, 0.15) is 6.61 Å². The molecule has 2 unspecified atom stereocenters. The highest BCUT2D eigenvalue weighted by atomic mass is 31.2. The van der Waals surface area contributed by atoms with Crippen LogP contribution < -0.4 is 5.73 Å². The van der Waals surface area contributed by atoms with E-state index in [2.05, 4.69) is 184 Å². The van der Waals surface area contributed by atoms with E-state index in [-0.39, 0.29) is 32.6 Å². The van der Waals surface area contributed by atoms with Crippen molar-refractivity contribution in [1.82, 2.24) is 0 Å². The van der Waals surface area contributed by atoms with Gasteiger partial charge in [-0.05, 0) is 128 Å². The third-order valence-corrected chi connectivity index (χ3v) is 13.1. The molecule has 10 heteroatoms. The first-order chi connectivity index (χ1) is 38.8. The monoisotopic (exact) mass is 1110 g/mol. The predicted octanol–water partition coefficient (Wildman–Crippen LogP) is 19.8. The van der Waals surface area contributed by atoms with Gasteiger partial charge < -0.3 is 20.1 Å². The number of ether oxygens (including phenoxy) is 2. The quantitative estimate of drug-likeness (QED) is 0.0264. The molecule has 0 aromatic carbocycles. The fourth-order valence-electron chi connectivity index (χ4n) is 7.65. The largest absolute Gasteiger partial charge is 0.472 e. The van der Waals surface area contributed by atoms with Crippen LogP contribution in [0.1, 0.15) is 219 Å². The Morgan fingerprint density at radius 2 is 0.658 bits per heavy atom. The number of hydrogen-bond donors (Lipinski definition) is 2. The van der Waals surface area contributed by atoms with E-state index in [1.165, 1.54) is 38.5 Å². The van der Waals surface area contributed by atoms with Gasteiger partial charge in [0.05, 0.1) is 13.2 Å². The van der Waals surface area contributed by atoms with Crippen molar-refractivity contribution in [1.29, 1.82) is 0 Å². The number of carbonyl (C=O) groups is 2. The van der Waals surface area contributed by atoms with Gasteiger partial charge in [-0.2, -0.15) is 0 Å². The van der Waals surface area contributed by atoms with E-state index in [1.807, 2.05) is 0 Å². The Labute approximate surface area is 482 Å². The zero-order valence-corrected chi connectivity index (χ0v) is 50.4. The molecule has 0 saturated heterocycles. The zero-order valence-electron chi connectivity index (χ0n) is 49.5. The number of nitrogens with two attached hydrogens (primary N) is 1. The van der Waals surface area contributed by atoms with Gasteiger partial charge in [-0.1, -0.05) is 248 Å². The van der Waals surface area contributed by atoms with Gasteiger partial charge in [0.15, 0.2) is 6.10 Å². The fraction of sp³-hybridized carbons (Fsp3) is 0.565.